The highest BCUT2D eigenvalue weighted by Crippen LogP contribution is 2.37. The first kappa shape index (κ1) is 21.7. The molecule has 28 heavy (non-hydrogen) atoms. The highest BCUT2D eigenvalue weighted by atomic mass is 19.4. The standard InChI is InChI=1S/C19H22F3NO5/c1-3-28-17(25)11-16(24)13-8-9-23(18(26)27-2)15(10-13)12-4-6-14(7-5-12)19(20,21)22/h4-7,13,15H,3,8-11H2,1-2H3/t13-,15-/m0/s1. The van der Waals surface area contributed by atoms with E-state index in [4.69, 9.17) is 9.47 Å². The zero-order chi connectivity index (χ0) is 20.9. The lowest BCUT2D eigenvalue weighted by molar-refractivity contribution is -0.146. The Labute approximate surface area is 160 Å². The molecule has 1 aromatic rings. The van der Waals surface area contributed by atoms with Crippen LogP contribution in [0.15, 0.2) is 24.3 Å². The number of methoxy groups -OCH3 is 1. The molecule has 1 aliphatic heterocycles. The van der Waals surface area contributed by atoms with Crippen molar-refractivity contribution >= 4 is 17.8 Å². The van der Waals surface area contributed by atoms with Crippen LogP contribution in [-0.4, -0.2) is 43.0 Å². The molecule has 0 radical (unpaired) electrons. The van der Waals surface area contributed by atoms with E-state index in [0.29, 0.717) is 12.0 Å². The van der Waals surface area contributed by atoms with Gasteiger partial charge in [-0.05, 0) is 37.5 Å². The Kier molecular flexibility index (Phi) is 7.04. The van der Waals surface area contributed by atoms with E-state index in [2.05, 4.69) is 0 Å². The molecular weight excluding hydrogens is 379 g/mol. The van der Waals surface area contributed by atoms with Crippen LogP contribution < -0.4 is 0 Å². The summed E-state index contributed by atoms with van der Waals surface area (Å²) in [6.45, 7) is 2.00. The van der Waals surface area contributed by atoms with Crippen molar-refractivity contribution in [3.05, 3.63) is 35.4 Å². The lowest BCUT2D eigenvalue weighted by Gasteiger charge is -2.38. The molecule has 1 saturated heterocycles. The molecule has 0 aliphatic carbocycles. The number of hydrogen-bond acceptors (Lipinski definition) is 5. The quantitative estimate of drug-likeness (QED) is 0.555. The number of likely N-dealkylation sites (tertiary alicyclic amines) is 1. The molecule has 1 amide bonds. The van der Waals surface area contributed by atoms with E-state index < -0.39 is 35.8 Å². The number of amides is 1. The fourth-order valence-electron chi connectivity index (χ4n) is 3.30. The molecule has 0 unspecified atom stereocenters. The average Bonchev–Trinajstić information content (AvgIpc) is 2.66. The van der Waals surface area contributed by atoms with E-state index in [9.17, 15) is 27.6 Å². The van der Waals surface area contributed by atoms with Gasteiger partial charge in [-0.15, -0.1) is 0 Å². The van der Waals surface area contributed by atoms with Crippen molar-refractivity contribution in [2.75, 3.05) is 20.3 Å². The third kappa shape index (κ3) is 5.24. The lowest BCUT2D eigenvalue weighted by Crippen LogP contribution is -2.43. The Bertz CT molecular complexity index is 717. The maximum atomic E-state index is 12.8. The summed E-state index contributed by atoms with van der Waals surface area (Å²) in [6, 6.07) is 3.84. The number of rotatable bonds is 5. The van der Waals surface area contributed by atoms with Crippen molar-refractivity contribution in [3.63, 3.8) is 0 Å². The summed E-state index contributed by atoms with van der Waals surface area (Å²) < 4.78 is 47.9. The van der Waals surface area contributed by atoms with Gasteiger partial charge in [-0.1, -0.05) is 12.1 Å². The van der Waals surface area contributed by atoms with Gasteiger partial charge in [0.1, 0.15) is 12.2 Å². The fraction of sp³-hybridized carbons (Fsp3) is 0.526. The normalized spacial score (nSPS) is 19.8. The van der Waals surface area contributed by atoms with Crippen molar-refractivity contribution in [2.45, 2.75) is 38.4 Å². The van der Waals surface area contributed by atoms with Gasteiger partial charge >= 0.3 is 18.2 Å². The van der Waals surface area contributed by atoms with E-state index in [-0.39, 0.29) is 31.8 Å². The van der Waals surface area contributed by atoms with Crippen LogP contribution in [0.4, 0.5) is 18.0 Å². The second-order valence-electron chi connectivity index (χ2n) is 6.47. The number of Topliss-reactive ketones (excluding diaryl/α,β-unsaturated/α-hetero) is 1. The first-order valence-electron chi connectivity index (χ1n) is 8.87. The van der Waals surface area contributed by atoms with Gasteiger partial charge in [-0.25, -0.2) is 4.79 Å². The second-order valence-corrected chi connectivity index (χ2v) is 6.47. The maximum Gasteiger partial charge on any atom is 0.416 e. The summed E-state index contributed by atoms with van der Waals surface area (Å²) in [5, 5.41) is 0. The number of nitrogens with zero attached hydrogens (tertiary/aromatic N) is 1. The molecule has 6 nitrogen and oxygen atoms in total. The van der Waals surface area contributed by atoms with Crippen LogP contribution in [0.3, 0.4) is 0 Å². The minimum atomic E-state index is -4.47. The van der Waals surface area contributed by atoms with Crippen LogP contribution in [-0.2, 0) is 25.2 Å². The number of carbonyl (C=O) groups excluding carboxylic acids is 3. The molecule has 1 heterocycles. The molecule has 9 heteroatoms. The lowest BCUT2D eigenvalue weighted by atomic mass is 9.83. The maximum absolute atomic E-state index is 12.8. The number of ether oxygens (including phenoxy) is 2. The molecule has 0 aromatic heterocycles. The number of benzene rings is 1. The molecule has 0 bridgehead atoms. The first-order valence-corrected chi connectivity index (χ1v) is 8.87. The molecular formula is C19H22F3NO5. The van der Waals surface area contributed by atoms with Gasteiger partial charge in [0.05, 0.1) is 25.3 Å². The number of piperidine rings is 1. The number of esters is 1. The highest BCUT2D eigenvalue weighted by molar-refractivity contribution is 5.97. The summed E-state index contributed by atoms with van der Waals surface area (Å²) >= 11 is 0. The van der Waals surface area contributed by atoms with E-state index >= 15 is 0 Å². The van der Waals surface area contributed by atoms with Gasteiger partial charge in [-0.3, -0.25) is 9.59 Å². The molecule has 154 valence electrons. The van der Waals surface area contributed by atoms with E-state index in [1.54, 1.807) is 6.92 Å². The predicted molar refractivity (Wildman–Crippen MR) is 92.3 cm³/mol. The van der Waals surface area contributed by atoms with Crippen molar-refractivity contribution in [1.29, 1.82) is 0 Å². The van der Waals surface area contributed by atoms with Crippen molar-refractivity contribution < 1.29 is 37.0 Å². The van der Waals surface area contributed by atoms with Gasteiger partial charge in [0.15, 0.2) is 0 Å². The van der Waals surface area contributed by atoms with Crippen molar-refractivity contribution in [2.24, 2.45) is 5.92 Å². The van der Waals surface area contributed by atoms with Gasteiger partial charge in [0.2, 0.25) is 0 Å². The van der Waals surface area contributed by atoms with Crippen molar-refractivity contribution in [3.8, 4) is 0 Å². The summed E-state index contributed by atoms with van der Waals surface area (Å²) in [6.07, 6.45) is -4.92. The van der Waals surface area contributed by atoms with Gasteiger partial charge < -0.3 is 14.4 Å². The van der Waals surface area contributed by atoms with E-state index in [0.717, 1.165) is 12.1 Å². The second kappa shape index (κ2) is 9.07. The zero-order valence-electron chi connectivity index (χ0n) is 15.6. The number of carbonyl (C=O) groups is 3. The highest BCUT2D eigenvalue weighted by Gasteiger charge is 2.37. The Balaban J connectivity index is 2.21. The third-order valence-electron chi connectivity index (χ3n) is 4.71. The Morgan fingerprint density at radius 2 is 1.82 bits per heavy atom. The molecule has 1 aromatic carbocycles. The van der Waals surface area contributed by atoms with Gasteiger partial charge in [0, 0.05) is 12.5 Å². The summed E-state index contributed by atoms with van der Waals surface area (Å²) in [5.41, 5.74) is -0.335. The Hall–Kier alpha value is -2.58. The molecule has 1 fully saturated rings. The van der Waals surface area contributed by atoms with Crippen LogP contribution in [0.2, 0.25) is 0 Å². The largest absolute Gasteiger partial charge is 0.466 e. The monoisotopic (exact) mass is 401 g/mol. The third-order valence-corrected chi connectivity index (χ3v) is 4.71. The van der Waals surface area contributed by atoms with Crippen LogP contribution >= 0.6 is 0 Å². The van der Waals surface area contributed by atoms with Crippen LogP contribution in [0, 0.1) is 5.92 Å². The minimum Gasteiger partial charge on any atom is -0.466 e. The molecule has 0 spiro atoms. The van der Waals surface area contributed by atoms with Crippen LogP contribution in [0.5, 0.6) is 0 Å². The summed E-state index contributed by atoms with van der Waals surface area (Å²) in [4.78, 5) is 37.4. The fourth-order valence-corrected chi connectivity index (χ4v) is 3.30. The number of halogens is 3. The summed E-state index contributed by atoms with van der Waals surface area (Å²) in [7, 11) is 1.21. The van der Waals surface area contributed by atoms with Gasteiger partial charge in [0.25, 0.3) is 0 Å². The molecule has 2 rings (SSSR count). The molecule has 2 atom stereocenters. The minimum absolute atomic E-state index is 0.168. The smallest absolute Gasteiger partial charge is 0.416 e. The summed E-state index contributed by atoms with van der Waals surface area (Å²) in [5.74, 6) is -1.42. The number of ketones is 1. The topological polar surface area (TPSA) is 72.9 Å². The first-order chi connectivity index (χ1) is 13.2. The predicted octanol–water partition coefficient (Wildman–Crippen LogP) is 3.75. The van der Waals surface area contributed by atoms with Crippen LogP contribution in [0.1, 0.15) is 43.4 Å². The Morgan fingerprint density at radius 1 is 1.18 bits per heavy atom. The van der Waals surface area contributed by atoms with Crippen molar-refractivity contribution in [1.82, 2.24) is 4.90 Å². The number of alkyl halides is 3. The molecule has 0 N–H and O–H groups in total. The Morgan fingerprint density at radius 3 is 2.36 bits per heavy atom. The SMILES string of the molecule is CCOC(=O)CC(=O)[C@H]1CCN(C(=O)OC)[C@H](c2ccc(C(F)(F)F)cc2)C1. The van der Waals surface area contributed by atoms with E-state index in [1.807, 2.05) is 0 Å². The number of hydrogen-bond donors (Lipinski definition) is 0. The molecule has 0 saturated carbocycles. The van der Waals surface area contributed by atoms with E-state index in [1.165, 1.54) is 24.1 Å². The zero-order valence-corrected chi connectivity index (χ0v) is 15.6. The van der Waals surface area contributed by atoms with Crippen LogP contribution in [0.25, 0.3) is 0 Å². The van der Waals surface area contributed by atoms with Gasteiger partial charge in [-0.2, -0.15) is 13.2 Å². The average molecular weight is 401 g/mol. The molecule has 1 aliphatic rings.